The monoisotopic (exact) mass is 352 g/mol. The number of ether oxygens (including phenoxy) is 1. The maximum absolute atomic E-state index is 12.8. The predicted molar refractivity (Wildman–Crippen MR) is 95.3 cm³/mol. The van der Waals surface area contributed by atoms with Gasteiger partial charge in [0.15, 0.2) is 0 Å². The molecule has 0 radical (unpaired) electrons. The Kier molecular flexibility index (Phi) is 5.31. The Labute approximate surface area is 151 Å². The molecule has 2 aromatic rings. The Morgan fingerprint density at radius 2 is 1.62 bits per heavy atom. The molecule has 26 heavy (non-hydrogen) atoms. The van der Waals surface area contributed by atoms with E-state index in [4.69, 9.17) is 4.74 Å². The number of esters is 1. The van der Waals surface area contributed by atoms with Crippen LogP contribution in [-0.2, 0) is 27.2 Å². The number of nitrogens with zero attached hydrogens (tertiary/aromatic N) is 1. The van der Waals surface area contributed by atoms with E-state index in [0.717, 1.165) is 16.0 Å². The van der Waals surface area contributed by atoms with Crippen LogP contribution in [0.2, 0.25) is 0 Å². The Morgan fingerprint density at radius 1 is 1.04 bits per heavy atom. The summed E-state index contributed by atoms with van der Waals surface area (Å²) >= 11 is 0. The molecule has 0 saturated carbocycles. The highest BCUT2D eigenvalue weighted by Gasteiger charge is 2.45. The van der Waals surface area contributed by atoms with Crippen molar-refractivity contribution in [3.05, 3.63) is 71.8 Å². The van der Waals surface area contributed by atoms with E-state index in [1.807, 2.05) is 60.7 Å². The van der Waals surface area contributed by atoms with Gasteiger partial charge in [-0.2, -0.15) is 0 Å². The van der Waals surface area contributed by atoms with Crippen LogP contribution in [0.15, 0.2) is 60.7 Å². The third kappa shape index (κ3) is 3.74. The molecule has 0 spiro atoms. The molecule has 3 rings (SSSR count). The maximum atomic E-state index is 12.8. The standard InChI is InChI=1S/C20H20N2O4/c1-26-19(24)17(13-15-10-6-3-7-11-15)22-18(23)16(21-20(22)25)12-14-8-4-2-5-9-14/h2-11,16-17H,12-13H2,1H3,(H,21,25)/t16-,17-/m0/s1. The van der Waals surface area contributed by atoms with Crippen LogP contribution in [0.4, 0.5) is 4.79 Å². The fraction of sp³-hybridized carbons (Fsp3) is 0.250. The third-order valence-electron chi connectivity index (χ3n) is 4.39. The first kappa shape index (κ1) is 17.7. The molecule has 0 unspecified atom stereocenters. The highest BCUT2D eigenvalue weighted by Crippen LogP contribution is 2.19. The van der Waals surface area contributed by atoms with Crippen LogP contribution in [0.1, 0.15) is 11.1 Å². The molecule has 1 N–H and O–H groups in total. The Morgan fingerprint density at radius 3 is 2.19 bits per heavy atom. The van der Waals surface area contributed by atoms with Crippen molar-refractivity contribution >= 4 is 17.9 Å². The van der Waals surface area contributed by atoms with Crippen molar-refractivity contribution in [1.29, 1.82) is 0 Å². The molecule has 1 aliphatic heterocycles. The molecule has 1 saturated heterocycles. The van der Waals surface area contributed by atoms with Gasteiger partial charge < -0.3 is 10.1 Å². The zero-order valence-electron chi connectivity index (χ0n) is 14.4. The Bertz CT molecular complexity index is 792. The molecular weight excluding hydrogens is 332 g/mol. The minimum absolute atomic E-state index is 0.213. The van der Waals surface area contributed by atoms with E-state index in [-0.39, 0.29) is 6.42 Å². The SMILES string of the molecule is COC(=O)[C@H](Cc1ccccc1)N1C(=O)N[C@@H](Cc2ccccc2)C1=O. The number of urea groups is 1. The first-order valence-corrected chi connectivity index (χ1v) is 8.39. The highest BCUT2D eigenvalue weighted by molar-refractivity contribution is 6.07. The number of benzene rings is 2. The van der Waals surface area contributed by atoms with Crippen molar-refractivity contribution in [1.82, 2.24) is 10.2 Å². The van der Waals surface area contributed by atoms with Crippen LogP contribution < -0.4 is 5.32 Å². The highest BCUT2D eigenvalue weighted by atomic mass is 16.5. The second-order valence-corrected chi connectivity index (χ2v) is 6.13. The summed E-state index contributed by atoms with van der Waals surface area (Å²) in [7, 11) is 1.25. The number of methoxy groups -OCH3 is 1. The number of imide groups is 1. The lowest BCUT2D eigenvalue weighted by Gasteiger charge is -2.23. The molecule has 0 bridgehead atoms. The normalized spacial score (nSPS) is 17.7. The van der Waals surface area contributed by atoms with Gasteiger partial charge in [0.1, 0.15) is 12.1 Å². The van der Waals surface area contributed by atoms with Gasteiger partial charge in [-0.05, 0) is 11.1 Å². The molecule has 0 aliphatic carbocycles. The van der Waals surface area contributed by atoms with Gasteiger partial charge in [0, 0.05) is 12.8 Å². The summed E-state index contributed by atoms with van der Waals surface area (Å²) in [5, 5.41) is 2.68. The van der Waals surface area contributed by atoms with Gasteiger partial charge in [-0.1, -0.05) is 60.7 Å². The van der Waals surface area contributed by atoms with Crippen LogP contribution >= 0.6 is 0 Å². The lowest BCUT2D eigenvalue weighted by atomic mass is 10.0. The quantitative estimate of drug-likeness (QED) is 0.637. The van der Waals surface area contributed by atoms with Crippen molar-refractivity contribution in [2.24, 2.45) is 0 Å². The van der Waals surface area contributed by atoms with Crippen LogP contribution in [0.5, 0.6) is 0 Å². The summed E-state index contributed by atoms with van der Waals surface area (Å²) in [5.74, 6) is -1.03. The Balaban J connectivity index is 1.80. The number of hydrogen-bond acceptors (Lipinski definition) is 4. The molecule has 1 aliphatic rings. The second kappa shape index (κ2) is 7.82. The molecule has 134 valence electrons. The lowest BCUT2D eigenvalue weighted by Crippen LogP contribution is -2.47. The van der Waals surface area contributed by atoms with Gasteiger partial charge in [0.25, 0.3) is 5.91 Å². The smallest absolute Gasteiger partial charge is 0.329 e. The molecular formula is C20H20N2O4. The number of amides is 3. The summed E-state index contributed by atoms with van der Waals surface area (Å²) in [6.45, 7) is 0. The van der Waals surface area contributed by atoms with Crippen molar-refractivity contribution < 1.29 is 19.1 Å². The van der Waals surface area contributed by atoms with Crippen LogP contribution in [0.3, 0.4) is 0 Å². The molecule has 3 amide bonds. The Hall–Kier alpha value is -3.15. The summed E-state index contributed by atoms with van der Waals surface area (Å²) in [6, 6.07) is 16.4. The van der Waals surface area contributed by atoms with Gasteiger partial charge in [0.2, 0.25) is 0 Å². The largest absolute Gasteiger partial charge is 0.467 e. The van der Waals surface area contributed by atoms with Crippen molar-refractivity contribution in [2.75, 3.05) is 7.11 Å². The molecule has 2 aromatic carbocycles. The van der Waals surface area contributed by atoms with E-state index in [1.54, 1.807) is 0 Å². The van der Waals surface area contributed by atoms with E-state index < -0.39 is 30.0 Å². The van der Waals surface area contributed by atoms with Crippen LogP contribution in [0.25, 0.3) is 0 Å². The fourth-order valence-electron chi connectivity index (χ4n) is 3.08. The fourth-order valence-corrected chi connectivity index (χ4v) is 3.08. The molecule has 0 aromatic heterocycles. The molecule has 1 fully saturated rings. The van der Waals surface area contributed by atoms with E-state index in [1.165, 1.54) is 7.11 Å². The number of rotatable bonds is 6. The topological polar surface area (TPSA) is 75.7 Å². The molecule has 1 heterocycles. The number of hydrogen-bond donors (Lipinski definition) is 1. The van der Waals surface area contributed by atoms with E-state index in [0.29, 0.717) is 6.42 Å². The molecule has 6 nitrogen and oxygen atoms in total. The summed E-state index contributed by atoms with van der Waals surface area (Å²) in [6.07, 6.45) is 0.589. The van der Waals surface area contributed by atoms with Crippen LogP contribution in [-0.4, -0.2) is 42.0 Å². The lowest BCUT2D eigenvalue weighted by molar-refractivity contribution is -0.149. The average molecular weight is 352 g/mol. The first-order valence-electron chi connectivity index (χ1n) is 8.39. The number of carbonyl (C=O) groups is 3. The molecule has 6 heteroatoms. The summed E-state index contributed by atoms with van der Waals surface area (Å²) < 4.78 is 4.83. The van der Waals surface area contributed by atoms with Gasteiger partial charge in [-0.3, -0.25) is 4.79 Å². The van der Waals surface area contributed by atoms with Gasteiger partial charge in [-0.15, -0.1) is 0 Å². The van der Waals surface area contributed by atoms with Gasteiger partial charge in [0.05, 0.1) is 7.11 Å². The predicted octanol–water partition coefficient (Wildman–Crippen LogP) is 1.93. The van der Waals surface area contributed by atoms with Crippen molar-refractivity contribution in [3.8, 4) is 0 Å². The zero-order chi connectivity index (χ0) is 18.5. The number of nitrogens with one attached hydrogen (secondary N) is 1. The minimum Gasteiger partial charge on any atom is -0.467 e. The van der Waals surface area contributed by atoms with Gasteiger partial charge >= 0.3 is 12.0 Å². The maximum Gasteiger partial charge on any atom is 0.329 e. The second-order valence-electron chi connectivity index (χ2n) is 6.13. The van der Waals surface area contributed by atoms with Crippen molar-refractivity contribution in [2.45, 2.75) is 24.9 Å². The molecule has 2 atom stereocenters. The van der Waals surface area contributed by atoms with E-state index in [9.17, 15) is 14.4 Å². The third-order valence-corrected chi connectivity index (χ3v) is 4.39. The van der Waals surface area contributed by atoms with Gasteiger partial charge in [-0.25, -0.2) is 14.5 Å². The number of carbonyl (C=O) groups excluding carboxylic acids is 3. The first-order chi connectivity index (χ1) is 12.6. The van der Waals surface area contributed by atoms with E-state index in [2.05, 4.69) is 5.32 Å². The van der Waals surface area contributed by atoms with Crippen LogP contribution in [0, 0.1) is 0 Å². The summed E-state index contributed by atoms with van der Waals surface area (Å²) in [4.78, 5) is 38.5. The zero-order valence-corrected chi connectivity index (χ0v) is 14.4. The van der Waals surface area contributed by atoms with E-state index >= 15 is 0 Å². The summed E-state index contributed by atoms with van der Waals surface area (Å²) in [5.41, 5.74) is 1.78. The average Bonchev–Trinajstić information content (AvgIpc) is 2.94. The van der Waals surface area contributed by atoms with Crippen molar-refractivity contribution in [3.63, 3.8) is 0 Å². The minimum atomic E-state index is -0.990.